The van der Waals surface area contributed by atoms with Crippen molar-refractivity contribution < 1.29 is 53.2 Å². The molecule has 0 saturated carbocycles. The molecule has 0 radical (unpaired) electrons. The van der Waals surface area contributed by atoms with Gasteiger partial charge in [0.2, 0.25) is 0 Å². The van der Waals surface area contributed by atoms with Crippen molar-refractivity contribution in [3.05, 3.63) is 176 Å². The molecule has 0 aliphatic carbocycles. The van der Waals surface area contributed by atoms with E-state index >= 15 is 0 Å². The van der Waals surface area contributed by atoms with E-state index in [1.54, 1.807) is 0 Å². The summed E-state index contributed by atoms with van der Waals surface area (Å²) in [5.41, 5.74) is 0. The second kappa shape index (κ2) is 17.7. The first-order valence-corrected chi connectivity index (χ1v) is 16.3. The van der Waals surface area contributed by atoms with Crippen LogP contribution in [0.1, 0.15) is 0 Å². The van der Waals surface area contributed by atoms with Gasteiger partial charge < -0.3 is 34.0 Å². The number of hydrogen-bond acceptors (Lipinski definition) is 0. The van der Waals surface area contributed by atoms with E-state index in [0.717, 1.165) is 0 Å². The fourth-order valence-corrected chi connectivity index (χ4v) is 9.58. The van der Waals surface area contributed by atoms with Crippen LogP contribution in [-0.4, -0.2) is 0 Å². The minimum Gasteiger partial charge on any atom is -0.0622 e. The quantitative estimate of drug-likeness (QED) is 0.166. The second-order valence-corrected chi connectivity index (χ2v) is 14.1. The molecular formula is C36H29Br2P2Pd. The molecule has 6 rings (SSSR count). The summed E-state index contributed by atoms with van der Waals surface area (Å²) in [5.74, 6) is 0. The van der Waals surface area contributed by atoms with Crippen LogP contribution in [0.3, 0.4) is 0 Å². The predicted octanol–water partition coefficient (Wildman–Crippen LogP) is 0.0697. The third kappa shape index (κ3) is 9.40. The van der Waals surface area contributed by atoms with Crippen LogP contribution >= 0.6 is 15.8 Å². The van der Waals surface area contributed by atoms with Crippen LogP contribution in [0.15, 0.2) is 176 Å². The van der Waals surface area contributed by atoms with E-state index < -0.39 is 15.8 Å². The molecule has 0 aliphatic rings. The Morgan fingerprint density at radius 2 is 0.537 bits per heavy atom. The van der Waals surface area contributed by atoms with Crippen molar-refractivity contribution >= 4 is 51.7 Å². The maximum absolute atomic E-state index is 3.30. The minimum atomic E-state index is -0.486. The first-order valence-electron chi connectivity index (χ1n) is 12.9. The molecule has 0 bridgehead atoms. The van der Waals surface area contributed by atoms with Gasteiger partial charge in [-0.05, 0) is 23.8 Å². The number of hydrogen-bond donors (Lipinski definition) is 0. The van der Waals surface area contributed by atoms with Gasteiger partial charge in [0, 0.05) is 0 Å². The fourth-order valence-electron chi connectivity index (χ4n) is 4.38. The standard InChI is InChI=1S/C18H15P.C18H14P.2BrH.Pd/c2*1-4-10-16(11-5-1)19(17-12-6-2-7-13-17)18-14-8-3-9-15-18;;;/h1-15H;1-8,10-15H;2*1H;/q;;;;+2/p-2. The van der Waals surface area contributed by atoms with Gasteiger partial charge >= 0.3 is 132 Å². The molecule has 207 valence electrons. The van der Waals surface area contributed by atoms with Gasteiger partial charge in [-0.2, -0.15) is 0 Å². The van der Waals surface area contributed by atoms with Crippen LogP contribution in [0.25, 0.3) is 0 Å². The monoisotopic (exact) mass is 787 g/mol. The van der Waals surface area contributed by atoms with Gasteiger partial charge in [-0.15, -0.1) is 0 Å². The number of rotatable bonds is 6. The Hall–Kier alpha value is -2.20. The third-order valence-corrected chi connectivity index (χ3v) is 11.5. The van der Waals surface area contributed by atoms with Gasteiger partial charge in [0.15, 0.2) is 0 Å². The smallest absolute Gasteiger partial charge is 0.0134 e. The van der Waals surface area contributed by atoms with E-state index in [9.17, 15) is 0 Å². The van der Waals surface area contributed by atoms with E-state index in [4.69, 9.17) is 0 Å². The molecule has 0 unspecified atom stereocenters. The summed E-state index contributed by atoms with van der Waals surface area (Å²) >= 11 is 3.30. The van der Waals surface area contributed by atoms with Crippen LogP contribution in [0.5, 0.6) is 0 Å². The maximum Gasteiger partial charge on any atom is -0.0134 e. The summed E-state index contributed by atoms with van der Waals surface area (Å²) < 4.78 is 1.17. The fraction of sp³-hybridized carbons (Fsp3) is 0. The summed E-state index contributed by atoms with van der Waals surface area (Å²) in [6.07, 6.45) is 0. The molecule has 0 aromatic heterocycles. The van der Waals surface area contributed by atoms with Crippen molar-refractivity contribution in [1.29, 1.82) is 0 Å². The maximum atomic E-state index is 3.30. The molecule has 0 N–H and O–H groups in total. The third-order valence-electron chi connectivity index (χ3n) is 6.12. The van der Waals surface area contributed by atoms with E-state index in [0.29, 0.717) is 0 Å². The molecule has 6 aromatic rings. The van der Waals surface area contributed by atoms with E-state index in [1.807, 2.05) is 0 Å². The molecule has 0 spiro atoms. The van der Waals surface area contributed by atoms with Crippen molar-refractivity contribution in [1.82, 2.24) is 0 Å². The van der Waals surface area contributed by atoms with Crippen molar-refractivity contribution in [2.45, 2.75) is 0 Å². The molecule has 0 fully saturated rings. The molecule has 5 heteroatoms. The SMILES string of the molecule is [Br-].[Br-].[Pd+2][c]1cccc(P(c2ccccc2)c2ccccc2)c1.c1ccc(P(c2ccccc2)c2ccccc2)cc1. The van der Waals surface area contributed by atoms with Crippen molar-refractivity contribution in [3.63, 3.8) is 0 Å². The van der Waals surface area contributed by atoms with Crippen LogP contribution in [0.2, 0.25) is 0 Å². The van der Waals surface area contributed by atoms with Gasteiger partial charge in [-0.25, -0.2) is 0 Å². The van der Waals surface area contributed by atoms with E-state index in [1.165, 1.54) is 35.9 Å². The number of halogens is 2. The average molecular weight is 790 g/mol. The minimum absolute atomic E-state index is 0. The van der Waals surface area contributed by atoms with Crippen LogP contribution in [0, 0.1) is 0 Å². The first kappa shape index (κ1) is 33.3. The van der Waals surface area contributed by atoms with Gasteiger partial charge in [0.25, 0.3) is 0 Å². The zero-order chi connectivity index (χ0) is 26.7. The summed E-state index contributed by atoms with van der Waals surface area (Å²) in [6, 6.07) is 62.5. The molecule has 0 aliphatic heterocycles. The second-order valence-electron chi connectivity index (χ2n) is 8.79. The van der Waals surface area contributed by atoms with Crippen LogP contribution in [-0.2, 0) is 19.2 Å². The van der Waals surface area contributed by atoms with E-state index in [-0.39, 0.29) is 34.0 Å². The molecule has 41 heavy (non-hydrogen) atoms. The first-order chi connectivity index (χ1) is 19.3. The molecule has 0 heterocycles. The van der Waals surface area contributed by atoms with Crippen LogP contribution < -0.4 is 69.8 Å². The van der Waals surface area contributed by atoms with Crippen molar-refractivity contribution in [3.8, 4) is 0 Å². The largest absolute Gasteiger partial charge is 0.0622 e. The summed E-state index contributed by atoms with van der Waals surface area (Å²) in [5, 5.41) is 8.34. The van der Waals surface area contributed by atoms with Gasteiger partial charge in [-0.1, -0.05) is 91.0 Å². The Bertz CT molecular complexity index is 1420. The van der Waals surface area contributed by atoms with Gasteiger partial charge in [-0.3, -0.25) is 0 Å². The summed E-state index contributed by atoms with van der Waals surface area (Å²) in [7, 11) is -0.932. The average Bonchev–Trinajstić information content (AvgIpc) is 3.01. The summed E-state index contributed by atoms with van der Waals surface area (Å²) in [4.78, 5) is 0. The summed E-state index contributed by atoms with van der Waals surface area (Å²) in [6.45, 7) is 0. The Morgan fingerprint density at radius 1 is 0.293 bits per heavy atom. The van der Waals surface area contributed by atoms with Gasteiger partial charge in [0.1, 0.15) is 0 Å². The Labute approximate surface area is 278 Å². The van der Waals surface area contributed by atoms with Gasteiger partial charge in [0.05, 0.1) is 0 Å². The molecule has 0 nitrogen and oxygen atoms in total. The molecule has 6 aromatic carbocycles. The Kier molecular flexibility index (Phi) is 14.4. The normalized spacial score (nSPS) is 10.1. The van der Waals surface area contributed by atoms with Crippen LogP contribution in [0.4, 0.5) is 0 Å². The van der Waals surface area contributed by atoms with Crippen molar-refractivity contribution in [2.75, 3.05) is 0 Å². The zero-order valence-electron chi connectivity index (χ0n) is 22.2. The predicted molar refractivity (Wildman–Crippen MR) is 170 cm³/mol. The Balaban J connectivity index is 0.000000215. The zero-order valence-corrected chi connectivity index (χ0v) is 28.7. The molecular weight excluding hydrogens is 761 g/mol. The topological polar surface area (TPSA) is 0 Å². The Morgan fingerprint density at radius 3 is 0.805 bits per heavy atom. The van der Waals surface area contributed by atoms with E-state index in [2.05, 4.69) is 195 Å². The molecule has 0 amide bonds. The van der Waals surface area contributed by atoms with Crippen molar-refractivity contribution in [2.24, 2.45) is 0 Å². The molecule has 0 saturated heterocycles. The number of benzene rings is 6. The molecule has 0 atom stereocenters.